The molecule has 1 aromatic carbocycles. The third kappa shape index (κ3) is 1.98. The van der Waals surface area contributed by atoms with Gasteiger partial charge in [0.1, 0.15) is 15.7 Å². The smallest absolute Gasteiger partial charge is 0.347 e. The first-order chi connectivity index (χ1) is 7.59. The van der Waals surface area contributed by atoms with E-state index in [9.17, 15) is 9.18 Å². The molecule has 0 aliphatic carbocycles. The quantitative estimate of drug-likeness (QED) is 0.925. The van der Waals surface area contributed by atoms with Crippen LogP contribution in [0, 0.1) is 5.82 Å². The molecule has 0 atom stereocenters. The molecule has 0 aliphatic rings. The second kappa shape index (κ2) is 4.31. The first-order valence-corrected chi connectivity index (χ1v) is 5.84. The van der Waals surface area contributed by atoms with Crippen molar-refractivity contribution in [3.8, 4) is 10.6 Å². The van der Waals surface area contributed by atoms with E-state index in [4.69, 9.17) is 5.11 Å². The zero-order chi connectivity index (χ0) is 11.7. The molecule has 0 bridgehead atoms. The van der Waals surface area contributed by atoms with Gasteiger partial charge < -0.3 is 5.11 Å². The van der Waals surface area contributed by atoms with Crippen LogP contribution in [-0.4, -0.2) is 16.1 Å². The van der Waals surface area contributed by atoms with Crippen molar-refractivity contribution in [2.75, 3.05) is 0 Å². The van der Waals surface area contributed by atoms with Crippen LogP contribution >= 0.6 is 27.3 Å². The number of hydrogen-bond acceptors (Lipinski definition) is 3. The Morgan fingerprint density at radius 2 is 2.25 bits per heavy atom. The second-order valence-electron chi connectivity index (χ2n) is 2.93. The SMILES string of the molecule is O=C(O)c1cnc(-c2c(F)cccc2Br)s1. The van der Waals surface area contributed by atoms with Crippen molar-refractivity contribution in [3.63, 3.8) is 0 Å². The lowest BCUT2D eigenvalue weighted by molar-refractivity contribution is 0.0702. The fourth-order valence-corrected chi connectivity index (χ4v) is 2.67. The minimum atomic E-state index is -1.06. The van der Waals surface area contributed by atoms with Crippen molar-refractivity contribution in [2.24, 2.45) is 0 Å². The van der Waals surface area contributed by atoms with Gasteiger partial charge in [0.15, 0.2) is 0 Å². The molecule has 0 radical (unpaired) electrons. The zero-order valence-electron chi connectivity index (χ0n) is 7.78. The highest BCUT2D eigenvalue weighted by Crippen LogP contribution is 2.33. The van der Waals surface area contributed by atoms with E-state index in [1.807, 2.05) is 0 Å². The number of aromatic carboxylic acids is 1. The summed E-state index contributed by atoms with van der Waals surface area (Å²) in [6, 6.07) is 4.55. The summed E-state index contributed by atoms with van der Waals surface area (Å²) in [6.07, 6.45) is 1.22. The summed E-state index contributed by atoms with van der Waals surface area (Å²) in [5, 5.41) is 9.10. The maximum Gasteiger partial charge on any atom is 0.347 e. The van der Waals surface area contributed by atoms with Gasteiger partial charge in [-0.3, -0.25) is 0 Å². The average molecular weight is 302 g/mol. The third-order valence-corrected chi connectivity index (χ3v) is 3.56. The highest BCUT2D eigenvalue weighted by molar-refractivity contribution is 9.10. The molecule has 1 heterocycles. The van der Waals surface area contributed by atoms with E-state index in [-0.39, 0.29) is 4.88 Å². The van der Waals surface area contributed by atoms with Gasteiger partial charge in [-0.1, -0.05) is 6.07 Å². The Morgan fingerprint density at radius 3 is 2.81 bits per heavy atom. The van der Waals surface area contributed by atoms with Crippen LogP contribution in [0.2, 0.25) is 0 Å². The number of carbonyl (C=O) groups is 1. The number of hydrogen-bond donors (Lipinski definition) is 1. The zero-order valence-corrected chi connectivity index (χ0v) is 10.2. The summed E-state index contributed by atoms with van der Waals surface area (Å²) in [7, 11) is 0. The van der Waals surface area contributed by atoms with E-state index < -0.39 is 11.8 Å². The predicted molar refractivity (Wildman–Crippen MR) is 62.2 cm³/mol. The highest BCUT2D eigenvalue weighted by Gasteiger charge is 2.15. The third-order valence-electron chi connectivity index (χ3n) is 1.89. The number of benzene rings is 1. The van der Waals surface area contributed by atoms with E-state index >= 15 is 0 Å². The summed E-state index contributed by atoms with van der Waals surface area (Å²) in [6.45, 7) is 0. The maximum absolute atomic E-state index is 13.5. The molecule has 16 heavy (non-hydrogen) atoms. The van der Waals surface area contributed by atoms with Gasteiger partial charge in [-0.15, -0.1) is 11.3 Å². The minimum absolute atomic E-state index is 0.0881. The van der Waals surface area contributed by atoms with Crippen LogP contribution in [0.5, 0.6) is 0 Å². The number of rotatable bonds is 2. The average Bonchev–Trinajstić information content (AvgIpc) is 2.66. The first kappa shape index (κ1) is 11.2. The molecular weight excluding hydrogens is 297 g/mol. The van der Waals surface area contributed by atoms with E-state index in [0.717, 1.165) is 11.3 Å². The van der Waals surface area contributed by atoms with Crippen LogP contribution in [-0.2, 0) is 0 Å². The fourth-order valence-electron chi connectivity index (χ4n) is 1.19. The molecular formula is C10H5BrFNO2S. The van der Waals surface area contributed by atoms with Crippen LogP contribution in [0.15, 0.2) is 28.9 Å². The van der Waals surface area contributed by atoms with Gasteiger partial charge in [0.05, 0.1) is 11.8 Å². The molecule has 0 fully saturated rings. The van der Waals surface area contributed by atoms with Gasteiger partial charge in [-0.25, -0.2) is 14.2 Å². The van der Waals surface area contributed by atoms with Crippen molar-refractivity contribution in [1.29, 1.82) is 0 Å². The molecule has 0 spiro atoms. The van der Waals surface area contributed by atoms with E-state index in [1.165, 1.54) is 12.3 Å². The Morgan fingerprint density at radius 1 is 1.50 bits per heavy atom. The molecule has 2 rings (SSSR count). The lowest BCUT2D eigenvalue weighted by atomic mass is 10.2. The summed E-state index contributed by atoms with van der Waals surface area (Å²) >= 11 is 4.15. The molecule has 1 N–H and O–H groups in total. The summed E-state index contributed by atoms with van der Waals surface area (Å²) in [5.41, 5.74) is 0.292. The van der Waals surface area contributed by atoms with E-state index in [1.54, 1.807) is 12.1 Å². The number of halogens is 2. The van der Waals surface area contributed by atoms with Crippen LogP contribution in [0.1, 0.15) is 9.67 Å². The van der Waals surface area contributed by atoms with Gasteiger partial charge in [0.2, 0.25) is 0 Å². The van der Waals surface area contributed by atoms with Crippen LogP contribution in [0.25, 0.3) is 10.6 Å². The Kier molecular flexibility index (Phi) is 3.02. The molecule has 1 aromatic heterocycles. The first-order valence-electron chi connectivity index (χ1n) is 4.23. The number of carboxylic acid groups (broad SMARTS) is 1. The Bertz CT molecular complexity index is 535. The van der Waals surface area contributed by atoms with Gasteiger partial charge in [0, 0.05) is 4.47 Å². The van der Waals surface area contributed by atoms with Gasteiger partial charge >= 0.3 is 5.97 Å². The molecule has 3 nitrogen and oxygen atoms in total. The topological polar surface area (TPSA) is 50.2 Å². The minimum Gasteiger partial charge on any atom is -0.477 e. The van der Waals surface area contributed by atoms with Crippen molar-refractivity contribution in [2.45, 2.75) is 0 Å². The normalized spacial score (nSPS) is 10.4. The Balaban J connectivity index is 2.54. The molecule has 0 saturated carbocycles. The molecule has 0 saturated heterocycles. The maximum atomic E-state index is 13.5. The summed E-state index contributed by atoms with van der Waals surface area (Å²) < 4.78 is 14.1. The van der Waals surface area contributed by atoms with Crippen LogP contribution in [0.3, 0.4) is 0 Å². The molecule has 0 aliphatic heterocycles. The van der Waals surface area contributed by atoms with Crippen molar-refractivity contribution in [3.05, 3.63) is 39.6 Å². The van der Waals surface area contributed by atoms with Gasteiger partial charge in [-0.2, -0.15) is 0 Å². The number of thiazole rings is 1. The van der Waals surface area contributed by atoms with Gasteiger partial charge in [0.25, 0.3) is 0 Å². The Labute approximate surface area is 103 Å². The van der Waals surface area contributed by atoms with Crippen molar-refractivity contribution in [1.82, 2.24) is 4.98 Å². The van der Waals surface area contributed by atoms with Crippen molar-refractivity contribution >= 4 is 33.2 Å². The van der Waals surface area contributed by atoms with E-state index in [2.05, 4.69) is 20.9 Å². The molecule has 0 amide bonds. The summed E-state index contributed by atoms with van der Waals surface area (Å²) in [4.78, 5) is 14.7. The second-order valence-corrected chi connectivity index (χ2v) is 4.82. The van der Waals surface area contributed by atoms with E-state index in [0.29, 0.717) is 15.0 Å². The molecule has 2 aromatic rings. The van der Waals surface area contributed by atoms with Crippen molar-refractivity contribution < 1.29 is 14.3 Å². The van der Waals surface area contributed by atoms with Crippen LogP contribution in [0.4, 0.5) is 4.39 Å². The largest absolute Gasteiger partial charge is 0.477 e. The van der Waals surface area contributed by atoms with Crippen LogP contribution < -0.4 is 0 Å². The monoisotopic (exact) mass is 301 g/mol. The Hall–Kier alpha value is -1.27. The van der Waals surface area contributed by atoms with Gasteiger partial charge in [-0.05, 0) is 28.1 Å². The fraction of sp³-hybridized carbons (Fsp3) is 0. The molecule has 82 valence electrons. The lowest BCUT2D eigenvalue weighted by Gasteiger charge is -2.01. The highest BCUT2D eigenvalue weighted by atomic mass is 79.9. The number of aromatic nitrogens is 1. The summed E-state index contributed by atoms with van der Waals surface area (Å²) in [5.74, 6) is -1.49. The molecule has 0 unspecified atom stereocenters. The lowest BCUT2D eigenvalue weighted by Crippen LogP contribution is -1.89. The number of carboxylic acids is 1. The standard InChI is InChI=1S/C10H5BrFNO2S/c11-5-2-1-3-6(12)8(5)9-13-4-7(16-9)10(14)15/h1-4H,(H,14,15). The molecule has 6 heteroatoms. The predicted octanol–water partition coefficient (Wildman–Crippen LogP) is 3.41. The number of nitrogens with zero attached hydrogens (tertiary/aromatic N) is 1.